The number of carbonyl (C=O) groups excluding carboxylic acids is 2. The number of oxazole rings is 1. The number of Topliss-reactive ketones (excluding diaryl/α,β-unsaturated/α-hetero) is 1. The van der Waals surface area contributed by atoms with Crippen molar-refractivity contribution in [3.8, 4) is 11.6 Å². The van der Waals surface area contributed by atoms with E-state index in [1.54, 1.807) is 23.8 Å². The van der Waals surface area contributed by atoms with E-state index in [-0.39, 0.29) is 11.8 Å². The molecule has 1 N–H and O–H groups in total. The van der Waals surface area contributed by atoms with E-state index in [4.69, 9.17) is 16.6 Å². The Kier molecular flexibility index (Phi) is 6.84. The summed E-state index contributed by atoms with van der Waals surface area (Å²) in [7, 11) is 1.92. The van der Waals surface area contributed by atoms with Crippen LogP contribution in [-0.4, -0.2) is 37.9 Å². The van der Waals surface area contributed by atoms with Gasteiger partial charge in [0.1, 0.15) is 17.7 Å². The molecule has 0 spiro atoms. The number of thiocarbonyl (C=S) groups is 1. The summed E-state index contributed by atoms with van der Waals surface area (Å²) in [6.07, 6.45) is 12.3. The minimum Gasteiger partial charge on any atom is -0.443 e. The number of nitrogens with one attached hydrogen (secondary N) is 1. The lowest BCUT2D eigenvalue weighted by atomic mass is 9.82. The van der Waals surface area contributed by atoms with Gasteiger partial charge in [-0.05, 0) is 79.7 Å². The number of aryl methyl sites for hydroxylation is 2. The molecule has 3 aromatic rings. The van der Waals surface area contributed by atoms with Gasteiger partial charge in [-0.15, -0.1) is 11.3 Å². The van der Waals surface area contributed by atoms with E-state index in [1.165, 1.54) is 23.3 Å². The molecule has 3 aromatic heterocycles. The van der Waals surface area contributed by atoms with Gasteiger partial charge in [0.15, 0.2) is 0 Å². The highest BCUT2D eigenvalue weighted by atomic mass is 32.1. The van der Waals surface area contributed by atoms with Crippen molar-refractivity contribution in [1.29, 1.82) is 0 Å². The number of carbonyl (C=O) groups is 2. The molecule has 3 aliphatic rings. The van der Waals surface area contributed by atoms with Crippen molar-refractivity contribution in [3.05, 3.63) is 45.1 Å². The molecule has 3 aliphatic carbocycles. The summed E-state index contributed by atoms with van der Waals surface area (Å²) in [6.45, 7) is 0.743. The monoisotopic (exact) mass is 536 g/mol. The van der Waals surface area contributed by atoms with Crippen LogP contribution in [0.15, 0.2) is 22.9 Å². The average Bonchev–Trinajstić information content (AvgIpc) is 3.77. The molecule has 3 heterocycles. The van der Waals surface area contributed by atoms with Gasteiger partial charge in [0.2, 0.25) is 5.89 Å². The Labute approximate surface area is 226 Å². The van der Waals surface area contributed by atoms with Gasteiger partial charge in [-0.1, -0.05) is 12.2 Å². The first-order chi connectivity index (χ1) is 17.9. The number of amides is 1. The molecule has 0 unspecified atom stereocenters. The molecule has 194 valence electrons. The molecule has 2 saturated carbocycles. The van der Waals surface area contributed by atoms with Crippen molar-refractivity contribution in [2.75, 3.05) is 6.54 Å². The fourth-order valence-electron chi connectivity index (χ4n) is 5.35. The van der Waals surface area contributed by atoms with Crippen LogP contribution in [0.1, 0.15) is 69.9 Å². The van der Waals surface area contributed by atoms with Crippen LogP contribution in [0, 0.1) is 17.8 Å². The summed E-state index contributed by atoms with van der Waals surface area (Å²) in [6, 6.07) is 1.99. The third kappa shape index (κ3) is 5.62. The van der Waals surface area contributed by atoms with Crippen LogP contribution in [0.2, 0.25) is 0 Å². The lowest BCUT2D eigenvalue weighted by Crippen LogP contribution is -2.28. The maximum Gasteiger partial charge on any atom is 0.252 e. The predicted octanol–water partition coefficient (Wildman–Crippen LogP) is 4.91. The normalized spacial score (nSPS) is 19.0. The molecule has 0 saturated heterocycles. The van der Waals surface area contributed by atoms with Gasteiger partial charge in [0.25, 0.3) is 5.91 Å². The maximum atomic E-state index is 13.3. The van der Waals surface area contributed by atoms with E-state index in [9.17, 15) is 9.59 Å². The number of thiophene rings is 1. The van der Waals surface area contributed by atoms with Crippen LogP contribution in [-0.2, 0) is 37.5 Å². The minimum absolute atomic E-state index is 0.0140. The van der Waals surface area contributed by atoms with E-state index in [0.29, 0.717) is 42.0 Å². The minimum atomic E-state index is 0.0140. The topological polar surface area (TPSA) is 90.0 Å². The van der Waals surface area contributed by atoms with Crippen LogP contribution in [0.4, 0.5) is 0 Å². The number of rotatable bonds is 11. The smallest absolute Gasteiger partial charge is 0.252 e. The summed E-state index contributed by atoms with van der Waals surface area (Å²) in [4.78, 5) is 33.5. The molecule has 1 amide bonds. The van der Waals surface area contributed by atoms with E-state index in [1.807, 2.05) is 17.8 Å². The van der Waals surface area contributed by atoms with Crippen molar-refractivity contribution in [3.63, 3.8) is 0 Å². The molecule has 7 nitrogen and oxygen atoms in total. The Hall–Kier alpha value is -2.65. The average molecular weight is 537 g/mol. The van der Waals surface area contributed by atoms with Crippen molar-refractivity contribution in [2.45, 2.75) is 64.2 Å². The zero-order chi connectivity index (χ0) is 25.5. The van der Waals surface area contributed by atoms with Gasteiger partial charge < -0.3 is 9.73 Å². The van der Waals surface area contributed by atoms with E-state index in [2.05, 4.69) is 15.4 Å². The van der Waals surface area contributed by atoms with Gasteiger partial charge in [0, 0.05) is 47.8 Å². The van der Waals surface area contributed by atoms with E-state index >= 15 is 0 Å². The second-order valence-corrected chi connectivity index (χ2v) is 12.6. The Bertz CT molecular complexity index is 1330. The Morgan fingerprint density at radius 2 is 2.03 bits per heavy atom. The van der Waals surface area contributed by atoms with Gasteiger partial charge in [-0.2, -0.15) is 5.10 Å². The number of nitrogens with zero attached hydrogens (tertiary/aromatic N) is 3. The molecule has 9 heteroatoms. The summed E-state index contributed by atoms with van der Waals surface area (Å²) >= 11 is 7.54. The predicted molar refractivity (Wildman–Crippen MR) is 146 cm³/mol. The number of hydrogen-bond donors (Lipinski definition) is 1. The number of hydrogen-bond acceptors (Lipinski definition) is 7. The highest BCUT2D eigenvalue weighted by Crippen LogP contribution is 2.40. The molecular weight excluding hydrogens is 504 g/mol. The Morgan fingerprint density at radius 3 is 2.76 bits per heavy atom. The molecular formula is C28H32N4O3S2. The van der Waals surface area contributed by atoms with Crippen molar-refractivity contribution in [2.24, 2.45) is 24.8 Å². The molecule has 2 fully saturated rings. The highest BCUT2D eigenvalue weighted by Gasteiger charge is 2.34. The first-order valence-corrected chi connectivity index (χ1v) is 14.6. The standard InChI is InChI=1S/C28H32N4O3S2/c1-32-19(13-22(31-32)28-29-8-9-35-28)12-20(36)10-17-4-7-24-21(11-17)26(27(34)30-15-16-2-3-16)25(37-24)14-23(33)18-5-6-18/h8-9,13,16-18H,2-7,10-12,14-15H2,1H3,(H,30,34)/t17-/m1/s1. The molecule has 0 bridgehead atoms. The summed E-state index contributed by atoms with van der Waals surface area (Å²) < 4.78 is 7.22. The summed E-state index contributed by atoms with van der Waals surface area (Å²) in [5.74, 6) is 2.05. The van der Waals surface area contributed by atoms with Crippen LogP contribution in [0.25, 0.3) is 11.6 Å². The molecule has 1 atom stereocenters. The fourth-order valence-corrected chi connectivity index (χ4v) is 7.09. The van der Waals surface area contributed by atoms with Crippen molar-refractivity contribution >= 4 is 40.1 Å². The Balaban J connectivity index is 1.15. The second kappa shape index (κ2) is 10.3. The lowest BCUT2D eigenvalue weighted by molar-refractivity contribution is -0.119. The lowest BCUT2D eigenvalue weighted by Gasteiger charge is -2.23. The van der Waals surface area contributed by atoms with Gasteiger partial charge >= 0.3 is 0 Å². The number of fused-ring (bicyclic) bond motifs is 1. The van der Waals surface area contributed by atoms with Gasteiger partial charge in [-0.3, -0.25) is 14.3 Å². The van der Waals surface area contributed by atoms with E-state index in [0.717, 1.165) is 66.1 Å². The molecule has 0 aliphatic heterocycles. The maximum absolute atomic E-state index is 13.3. The fraction of sp³-hybridized carbons (Fsp3) is 0.536. The molecule has 37 heavy (non-hydrogen) atoms. The van der Waals surface area contributed by atoms with Crippen molar-refractivity contribution in [1.82, 2.24) is 20.1 Å². The zero-order valence-electron chi connectivity index (χ0n) is 21.1. The largest absolute Gasteiger partial charge is 0.443 e. The number of ketones is 1. The first-order valence-electron chi connectivity index (χ1n) is 13.3. The van der Waals surface area contributed by atoms with Crippen LogP contribution in [0.5, 0.6) is 0 Å². The van der Waals surface area contributed by atoms with Crippen LogP contribution >= 0.6 is 23.6 Å². The SMILES string of the molecule is Cn1nc(-c2ncco2)cc1CC(=S)C[C@H]1CCc2sc(CC(=O)C3CC3)c(C(=O)NCC3CC3)c2C1. The van der Waals surface area contributed by atoms with E-state index < -0.39 is 0 Å². The third-order valence-corrected chi connectivity index (χ3v) is 9.40. The van der Waals surface area contributed by atoms with Crippen LogP contribution < -0.4 is 5.32 Å². The quantitative estimate of drug-likeness (QED) is 0.351. The molecule has 0 aromatic carbocycles. The Morgan fingerprint density at radius 1 is 1.19 bits per heavy atom. The first kappa shape index (κ1) is 24.7. The summed E-state index contributed by atoms with van der Waals surface area (Å²) in [5, 5.41) is 7.69. The molecule has 6 rings (SSSR count). The highest BCUT2D eigenvalue weighted by molar-refractivity contribution is 7.80. The number of aromatic nitrogens is 3. The third-order valence-electron chi connectivity index (χ3n) is 7.80. The van der Waals surface area contributed by atoms with Gasteiger partial charge in [0.05, 0.1) is 11.8 Å². The van der Waals surface area contributed by atoms with Gasteiger partial charge in [-0.25, -0.2) is 4.98 Å². The van der Waals surface area contributed by atoms with Crippen LogP contribution in [0.3, 0.4) is 0 Å². The van der Waals surface area contributed by atoms with Crippen molar-refractivity contribution < 1.29 is 14.0 Å². The molecule has 0 radical (unpaired) electrons. The zero-order valence-corrected chi connectivity index (χ0v) is 22.8. The second-order valence-electron chi connectivity index (χ2n) is 10.9. The summed E-state index contributed by atoms with van der Waals surface area (Å²) in [5.41, 5.74) is 3.71.